The van der Waals surface area contributed by atoms with E-state index in [1.54, 1.807) is 0 Å². The lowest BCUT2D eigenvalue weighted by molar-refractivity contribution is 0.123. The Balaban J connectivity index is 2.28. The summed E-state index contributed by atoms with van der Waals surface area (Å²) in [5.74, 6) is -0.903. The smallest absolute Gasteiger partial charge is 0.402 e. The molecular formula is C16H15O6+. The van der Waals surface area contributed by atoms with Gasteiger partial charge in [0.05, 0.1) is 17.2 Å². The Morgan fingerprint density at radius 3 is 2.41 bits per heavy atom. The lowest BCUT2D eigenvalue weighted by Gasteiger charge is -2.18. The second-order valence-electron chi connectivity index (χ2n) is 5.57. The summed E-state index contributed by atoms with van der Waals surface area (Å²) in [6.07, 6.45) is 1.47. The van der Waals surface area contributed by atoms with Crippen LogP contribution in [0.25, 0.3) is 23.2 Å². The Labute approximate surface area is 125 Å². The van der Waals surface area contributed by atoms with Crippen molar-refractivity contribution in [1.29, 1.82) is 0 Å². The third kappa shape index (κ3) is 2.33. The van der Waals surface area contributed by atoms with Crippen molar-refractivity contribution in [1.82, 2.24) is 0 Å². The van der Waals surface area contributed by atoms with Gasteiger partial charge in [-0.15, -0.1) is 0 Å². The highest BCUT2D eigenvalue weighted by Crippen LogP contribution is 2.33. The van der Waals surface area contributed by atoms with E-state index in [-0.39, 0.29) is 40.6 Å². The molecule has 6 heteroatoms. The number of fused-ring (bicyclic) bond motifs is 1. The van der Waals surface area contributed by atoms with Crippen LogP contribution in [0.2, 0.25) is 0 Å². The minimum Gasteiger partial charge on any atom is -0.511 e. The molecule has 1 aliphatic carbocycles. The maximum absolute atomic E-state index is 10.1. The average Bonchev–Trinajstić information content (AvgIpc) is 2.41. The van der Waals surface area contributed by atoms with Gasteiger partial charge in [-0.1, -0.05) is 0 Å². The van der Waals surface area contributed by atoms with Gasteiger partial charge in [-0.3, -0.25) is 0 Å². The van der Waals surface area contributed by atoms with Crippen molar-refractivity contribution < 1.29 is 29.9 Å². The normalized spacial score (nSPS) is 20.4. The van der Waals surface area contributed by atoms with Gasteiger partial charge in [0.25, 0.3) is 0 Å². The lowest BCUT2D eigenvalue weighted by atomic mass is 9.95. The molecule has 6 nitrogen and oxygen atoms in total. The molecule has 1 unspecified atom stereocenters. The molecule has 0 saturated carbocycles. The molecule has 3 rings (SSSR count). The molecule has 5 N–H and O–H groups in total. The van der Waals surface area contributed by atoms with Gasteiger partial charge in [0, 0.05) is 18.6 Å². The van der Waals surface area contributed by atoms with Gasteiger partial charge in [-0.25, -0.2) is 4.42 Å². The highest BCUT2D eigenvalue weighted by atomic mass is 16.4. The van der Waals surface area contributed by atoms with E-state index in [0.29, 0.717) is 10.8 Å². The van der Waals surface area contributed by atoms with Crippen molar-refractivity contribution in [3.05, 3.63) is 34.9 Å². The molecular weight excluding hydrogens is 288 g/mol. The fourth-order valence-corrected chi connectivity index (χ4v) is 2.46. The van der Waals surface area contributed by atoms with Gasteiger partial charge in [-0.2, -0.15) is 0 Å². The quantitative estimate of drug-likeness (QED) is 0.396. The van der Waals surface area contributed by atoms with Crippen LogP contribution >= 0.6 is 0 Å². The molecule has 1 heterocycles. The first-order chi connectivity index (χ1) is 10.3. The lowest BCUT2D eigenvalue weighted by Crippen LogP contribution is -2.39. The molecule has 1 aliphatic rings. The van der Waals surface area contributed by atoms with Gasteiger partial charge in [0.1, 0.15) is 11.0 Å². The first kappa shape index (κ1) is 14.2. The van der Waals surface area contributed by atoms with Crippen LogP contribution in [0.3, 0.4) is 0 Å². The standard InChI is InChI=1S/C16H14O6/c1-16(21)6-13(20)9-5-12(19)15(22-14(9)7-16)8-2-3-10(17)11(18)4-8/h2-5,7,21H,6H2,1H3,(H3-,17,18,19,20)/p+1. The second-order valence-corrected chi connectivity index (χ2v) is 5.57. The molecule has 2 aromatic rings. The number of hydrogen-bond acceptors (Lipinski definition) is 5. The van der Waals surface area contributed by atoms with Crippen molar-refractivity contribution in [3.8, 4) is 28.6 Å². The zero-order chi connectivity index (χ0) is 16.1. The van der Waals surface area contributed by atoms with Crippen LogP contribution in [0.15, 0.2) is 28.7 Å². The number of phenolic OH excluding ortho intramolecular Hbond substituents is 2. The van der Waals surface area contributed by atoms with Gasteiger partial charge in [-0.05, 0) is 19.1 Å². The van der Waals surface area contributed by atoms with Gasteiger partial charge in [0.15, 0.2) is 11.5 Å². The Bertz CT molecular complexity index is 882. The number of benzene rings is 1. The minimum atomic E-state index is -1.26. The molecule has 0 saturated heterocycles. The predicted molar refractivity (Wildman–Crippen MR) is 78.5 cm³/mol. The molecule has 1 aromatic carbocycles. The minimum absolute atomic E-state index is 0.0221. The number of rotatable bonds is 1. The van der Waals surface area contributed by atoms with E-state index < -0.39 is 5.60 Å². The van der Waals surface area contributed by atoms with E-state index in [2.05, 4.69) is 0 Å². The van der Waals surface area contributed by atoms with E-state index in [9.17, 15) is 25.5 Å². The Kier molecular flexibility index (Phi) is 3.00. The highest BCUT2D eigenvalue weighted by molar-refractivity contribution is 5.67. The summed E-state index contributed by atoms with van der Waals surface area (Å²) in [5, 5.41) is 49.3. The van der Waals surface area contributed by atoms with E-state index in [1.165, 1.54) is 37.3 Å². The van der Waals surface area contributed by atoms with Crippen LogP contribution in [0, 0.1) is 0 Å². The third-order valence-electron chi connectivity index (χ3n) is 3.51. The number of aliphatic hydroxyl groups is 2. The third-order valence-corrected chi connectivity index (χ3v) is 3.51. The molecule has 0 radical (unpaired) electrons. The molecule has 0 spiro atoms. The largest absolute Gasteiger partial charge is 0.511 e. The molecule has 22 heavy (non-hydrogen) atoms. The number of aliphatic hydroxyl groups excluding tert-OH is 1. The molecule has 0 aliphatic heterocycles. The second kappa shape index (κ2) is 4.64. The van der Waals surface area contributed by atoms with Gasteiger partial charge in [0.2, 0.25) is 5.75 Å². The molecule has 114 valence electrons. The molecule has 0 fully saturated rings. The monoisotopic (exact) mass is 303 g/mol. The summed E-state index contributed by atoms with van der Waals surface area (Å²) < 4.78 is 5.58. The molecule has 1 atom stereocenters. The molecule has 0 bridgehead atoms. The summed E-state index contributed by atoms with van der Waals surface area (Å²) in [7, 11) is 0. The first-order valence-corrected chi connectivity index (χ1v) is 6.63. The van der Waals surface area contributed by atoms with Crippen molar-refractivity contribution in [2.75, 3.05) is 0 Å². The summed E-state index contributed by atoms with van der Waals surface area (Å²) in [6, 6.07) is 5.30. The summed E-state index contributed by atoms with van der Waals surface area (Å²) in [6.45, 7) is 1.53. The maximum Gasteiger partial charge on any atom is 0.402 e. The SMILES string of the molecule is CC1(O)C=c2[o+]c(-c3ccc(O)c(O)c3)c(O)cc2=C(O)C1. The van der Waals surface area contributed by atoms with Crippen LogP contribution in [0.4, 0.5) is 0 Å². The highest BCUT2D eigenvalue weighted by Gasteiger charge is 2.30. The summed E-state index contributed by atoms with van der Waals surface area (Å²) >= 11 is 0. The Hall–Kier alpha value is -2.73. The van der Waals surface area contributed by atoms with Crippen molar-refractivity contribution >= 4 is 11.8 Å². The van der Waals surface area contributed by atoms with Crippen LogP contribution in [-0.4, -0.2) is 31.1 Å². The average molecular weight is 303 g/mol. The summed E-state index contributed by atoms with van der Waals surface area (Å²) in [5.41, 5.74) is -0.700. The number of hydrogen-bond donors (Lipinski definition) is 5. The fraction of sp³-hybridized carbons (Fsp3) is 0.188. The van der Waals surface area contributed by atoms with E-state index >= 15 is 0 Å². The molecule has 1 aromatic heterocycles. The van der Waals surface area contributed by atoms with Crippen LogP contribution in [-0.2, 0) is 0 Å². The predicted octanol–water partition coefficient (Wildman–Crippen LogP) is 0.946. The van der Waals surface area contributed by atoms with Gasteiger partial charge < -0.3 is 25.5 Å². The topological polar surface area (TPSA) is 112 Å². The first-order valence-electron chi connectivity index (χ1n) is 6.63. The van der Waals surface area contributed by atoms with E-state index in [0.717, 1.165) is 0 Å². The van der Waals surface area contributed by atoms with Crippen molar-refractivity contribution in [3.63, 3.8) is 0 Å². The summed E-state index contributed by atoms with van der Waals surface area (Å²) in [4.78, 5) is 0. The zero-order valence-electron chi connectivity index (χ0n) is 11.7. The fourth-order valence-electron chi connectivity index (χ4n) is 2.46. The zero-order valence-corrected chi connectivity index (χ0v) is 11.7. The Morgan fingerprint density at radius 2 is 1.73 bits per heavy atom. The van der Waals surface area contributed by atoms with Crippen LogP contribution in [0.1, 0.15) is 13.3 Å². The van der Waals surface area contributed by atoms with Crippen molar-refractivity contribution in [2.45, 2.75) is 18.9 Å². The molecule has 0 amide bonds. The van der Waals surface area contributed by atoms with E-state index in [1.807, 2.05) is 0 Å². The Morgan fingerprint density at radius 1 is 1.00 bits per heavy atom. The van der Waals surface area contributed by atoms with Gasteiger partial charge >= 0.3 is 11.2 Å². The number of phenols is 2. The van der Waals surface area contributed by atoms with Crippen LogP contribution in [0.5, 0.6) is 17.2 Å². The maximum atomic E-state index is 10.1. The number of aromatic hydroxyl groups is 3. The van der Waals surface area contributed by atoms with Crippen LogP contribution < -0.4 is 10.6 Å². The van der Waals surface area contributed by atoms with E-state index in [4.69, 9.17) is 4.42 Å². The van der Waals surface area contributed by atoms with Crippen molar-refractivity contribution in [2.24, 2.45) is 0 Å².